The van der Waals surface area contributed by atoms with Gasteiger partial charge in [-0.3, -0.25) is 0 Å². The number of ether oxygens (including phenoxy) is 2. The van der Waals surface area contributed by atoms with Gasteiger partial charge in [-0.2, -0.15) is 0 Å². The number of anilines is 3. The van der Waals surface area contributed by atoms with Crippen LogP contribution in [-0.2, 0) is 9.84 Å². The third-order valence-electron chi connectivity index (χ3n) is 6.38. The fourth-order valence-electron chi connectivity index (χ4n) is 4.45. The van der Waals surface area contributed by atoms with Gasteiger partial charge in [0.15, 0.2) is 9.84 Å². The van der Waals surface area contributed by atoms with E-state index in [1.807, 2.05) is 60.7 Å². The summed E-state index contributed by atoms with van der Waals surface area (Å²) in [6.07, 6.45) is 1.26. The summed E-state index contributed by atoms with van der Waals surface area (Å²) in [4.78, 5) is 2.60. The molecule has 0 amide bonds. The van der Waals surface area contributed by atoms with Gasteiger partial charge in [0.1, 0.15) is 11.5 Å². The molecule has 0 aliphatic carbocycles. The van der Waals surface area contributed by atoms with Crippen LogP contribution in [0.5, 0.6) is 11.5 Å². The first kappa shape index (κ1) is 24.9. The maximum Gasteiger partial charge on any atom is 0.177 e. The Kier molecular flexibility index (Phi) is 7.52. The molecule has 0 bridgehead atoms. The van der Waals surface area contributed by atoms with Crippen LogP contribution in [0, 0.1) is 0 Å². The van der Waals surface area contributed by atoms with Crippen LogP contribution in [0.1, 0.15) is 24.0 Å². The van der Waals surface area contributed by atoms with E-state index in [-0.39, 0.29) is 10.8 Å². The summed E-state index contributed by atoms with van der Waals surface area (Å²) in [5.41, 5.74) is 4.36. The third kappa shape index (κ3) is 5.71. The zero-order chi connectivity index (χ0) is 25.0. The highest BCUT2D eigenvalue weighted by molar-refractivity contribution is 7.90. The molecular weight excluding hydrogens is 462 g/mol. The number of piperazine rings is 1. The molecule has 1 heterocycles. The minimum Gasteiger partial charge on any atom is -0.497 e. The second-order valence-corrected chi connectivity index (χ2v) is 10.8. The first-order valence-corrected chi connectivity index (χ1v) is 13.6. The lowest BCUT2D eigenvalue weighted by molar-refractivity contribution is 0.393. The SMILES string of the molecule is COc1cc(OC)cc(C(C)c2cc(S(C)(=O)=O)c(Nc3ccccc3)cc2N2CCNCC2)c1. The van der Waals surface area contributed by atoms with Crippen molar-refractivity contribution < 1.29 is 17.9 Å². The van der Waals surface area contributed by atoms with Crippen molar-refractivity contribution in [2.24, 2.45) is 0 Å². The smallest absolute Gasteiger partial charge is 0.177 e. The molecule has 1 unspecified atom stereocenters. The van der Waals surface area contributed by atoms with Crippen LogP contribution in [0.15, 0.2) is 65.6 Å². The number of methoxy groups -OCH3 is 2. The number of hydrogen-bond acceptors (Lipinski definition) is 7. The van der Waals surface area contributed by atoms with Gasteiger partial charge in [-0.05, 0) is 47.5 Å². The Morgan fingerprint density at radius 3 is 2.14 bits per heavy atom. The molecule has 186 valence electrons. The highest BCUT2D eigenvalue weighted by Crippen LogP contribution is 2.40. The van der Waals surface area contributed by atoms with E-state index in [9.17, 15) is 8.42 Å². The molecule has 4 rings (SSSR count). The Bertz CT molecular complexity index is 1250. The van der Waals surface area contributed by atoms with Crippen molar-refractivity contribution in [2.45, 2.75) is 17.7 Å². The fraction of sp³-hybridized carbons (Fsp3) is 0.333. The molecule has 7 nitrogen and oxygen atoms in total. The van der Waals surface area contributed by atoms with Gasteiger partial charge in [0, 0.05) is 55.8 Å². The molecule has 1 fully saturated rings. The second-order valence-electron chi connectivity index (χ2n) is 8.78. The largest absolute Gasteiger partial charge is 0.497 e. The Labute approximate surface area is 208 Å². The average molecular weight is 496 g/mol. The number of nitrogens with one attached hydrogen (secondary N) is 2. The zero-order valence-corrected chi connectivity index (χ0v) is 21.5. The van der Waals surface area contributed by atoms with Crippen LogP contribution >= 0.6 is 0 Å². The van der Waals surface area contributed by atoms with Crippen LogP contribution in [0.3, 0.4) is 0 Å². The van der Waals surface area contributed by atoms with E-state index >= 15 is 0 Å². The molecule has 0 spiro atoms. The van der Waals surface area contributed by atoms with Crippen molar-refractivity contribution in [1.29, 1.82) is 0 Å². The zero-order valence-electron chi connectivity index (χ0n) is 20.7. The number of para-hydroxylation sites is 1. The van der Waals surface area contributed by atoms with Gasteiger partial charge in [0.2, 0.25) is 0 Å². The summed E-state index contributed by atoms with van der Waals surface area (Å²) in [5, 5.41) is 6.74. The highest BCUT2D eigenvalue weighted by atomic mass is 32.2. The third-order valence-corrected chi connectivity index (χ3v) is 7.52. The molecule has 0 saturated carbocycles. The van der Waals surface area contributed by atoms with E-state index in [0.29, 0.717) is 17.2 Å². The van der Waals surface area contributed by atoms with Crippen molar-refractivity contribution in [3.8, 4) is 11.5 Å². The lowest BCUT2D eigenvalue weighted by Crippen LogP contribution is -2.44. The van der Waals surface area contributed by atoms with Crippen molar-refractivity contribution >= 4 is 26.9 Å². The van der Waals surface area contributed by atoms with Crippen molar-refractivity contribution in [2.75, 3.05) is 56.9 Å². The van der Waals surface area contributed by atoms with E-state index in [2.05, 4.69) is 22.5 Å². The van der Waals surface area contributed by atoms with Gasteiger partial charge in [0.05, 0.1) is 24.8 Å². The number of rotatable bonds is 8. The Balaban J connectivity index is 1.89. The topological polar surface area (TPSA) is 79.9 Å². The van der Waals surface area contributed by atoms with Crippen molar-refractivity contribution in [3.05, 3.63) is 71.8 Å². The highest BCUT2D eigenvalue weighted by Gasteiger charge is 2.25. The number of hydrogen-bond donors (Lipinski definition) is 2. The Hall–Kier alpha value is -3.23. The van der Waals surface area contributed by atoms with Crippen LogP contribution in [0.4, 0.5) is 17.1 Å². The summed E-state index contributed by atoms with van der Waals surface area (Å²) in [7, 11) is -0.255. The van der Waals surface area contributed by atoms with E-state index in [0.717, 1.165) is 48.7 Å². The van der Waals surface area contributed by atoms with E-state index in [1.165, 1.54) is 6.26 Å². The number of sulfone groups is 1. The van der Waals surface area contributed by atoms with Gasteiger partial charge in [-0.1, -0.05) is 25.1 Å². The predicted molar refractivity (Wildman–Crippen MR) is 141 cm³/mol. The average Bonchev–Trinajstić information content (AvgIpc) is 2.88. The molecule has 2 N–H and O–H groups in total. The summed E-state index contributed by atoms with van der Waals surface area (Å²) < 4.78 is 36.9. The molecule has 3 aromatic carbocycles. The lowest BCUT2D eigenvalue weighted by atomic mass is 9.90. The summed E-state index contributed by atoms with van der Waals surface area (Å²) in [6, 6.07) is 19.2. The van der Waals surface area contributed by atoms with E-state index in [1.54, 1.807) is 14.2 Å². The van der Waals surface area contributed by atoms with Crippen LogP contribution in [0.2, 0.25) is 0 Å². The number of nitrogens with zero attached hydrogens (tertiary/aromatic N) is 1. The van der Waals surface area contributed by atoms with Crippen LogP contribution < -0.4 is 25.0 Å². The molecular formula is C27H33N3O4S. The monoisotopic (exact) mass is 495 g/mol. The van der Waals surface area contributed by atoms with Gasteiger partial charge in [-0.25, -0.2) is 8.42 Å². The second kappa shape index (κ2) is 10.6. The van der Waals surface area contributed by atoms with E-state index < -0.39 is 9.84 Å². The summed E-state index contributed by atoms with van der Waals surface area (Å²) in [5.74, 6) is 1.29. The fourth-order valence-corrected chi connectivity index (χ4v) is 5.30. The molecule has 35 heavy (non-hydrogen) atoms. The van der Waals surface area contributed by atoms with Gasteiger partial charge < -0.3 is 25.0 Å². The van der Waals surface area contributed by atoms with Gasteiger partial charge >= 0.3 is 0 Å². The maximum atomic E-state index is 12.9. The first-order chi connectivity index (χ1) is 16.8. The molecule has 1 aliphatic heterocycles. The minimum atomic E-state index is -3.51. The maximum absolute atomic E-state index is 12.9. The predicted octanol–water partition coefficient (Wildman–Crippen LogP) is 4.41. The molecule has 1 atom stereocenters. The van der Waals surface area contributed by atoms with Crippen LogP contribution in [0.25, 0.3) is 0 Å². The van der Waals surface area contributed by atoms with E-state index in [4.69, 9.17) is 9.47 Å². The first-order valence-electron chi connectivity index (χ1n) is 11.7. The molecule has 1 saturated heterocycles. The molecule has 1 aliphatic rings. The Morgan fingerprint density at radius 2 is 1.57 bits per heavy atom. The molecule has 3 aromatic rings. The standard InChI is InChI=1S/C27H33N3O4S/c1-19(20-14-22(33-2)16-23(15-20)34-3)24-17-27(35(4,31)32)25(29-21-8-6-5-7-9-21)18-26(24)30-12-10-28-11-13-30/h5-9,14-19,28-29H,10-13H2,1-4H3. The Morgan fingerprint density at radius 1 is 0.943 bits per heavy atom. The molecule has 0 aromatic heterocycles. The lowest BCUT2D eigenvalue weighted by Gasteiger charge is -2.33. The van der Waals surface area contributed by atoms with Crippen molar-refractivity contribution in [1.82, 2.24) is 5.32 Å². The van der Waals surface area contributed by atoms with Gasteiger partial charge in [0.25, 0.3) is 0 Å². The minimum absolute atomic E-state index is 0.102. The van der Waals surface area contributed by atoms with Crippen LogP contribution in [-0.4, -0.2) is 55.1 Å². The number of benzene rings is 3. The normalized spacial score (nSPS) is 14.9. The summed E-state index contributed by atoms with van der Waals surface area (Å²) >= 11 is 0. The quantitative estimate of drug-likeness (QED) is 0.479. The summed E-state index contributed by atoms with van der Waals surface area (Å²) in [6.45, 7) is 5.51. The molecule has 8 heteroatoms. The molecule has 0 radical (unpaired) electrons. The van der Waals surface area contributed by atoms with Gasteiger partial charge in [-0.15, -0.1) is 0 Å². The van der Waals surface area contributed by atoms with Crippen molar-refractivity contribution in [3.63, 3.8) is 0 Å².